The number of carboxylic acid groups (broad SMARTS) is 2. The van der Waals surface area contributed by atoms with Crippen molar-refractivity contribution in [1.29, 1.82) is 0 Å². The van der Waals surface area contributed by atoms with Gasteiger partial charge >= 0.3 is 11.9 Å². The van der Waals surface area contributed by atoms with Crippen LogP contribution in [0.25, 0.3) is 10.9 Å². The number of aliphatic carboxylic acids is 2. The molecular formula is C18H22N2O6. The highest BCUT2D eigenvalue weighted by atomic mass is 16.5. The van der Waals surface area contributed by atoms with Crippen LogP contribution in [0.2, 0.25) is 0 Å². The van der Waals surface area contributed by atoms with E-state index in [0.29, 0.717) is 37.6 Å². The molecule has 1 aromatic heterocycles. The zero-order valence-corrected chi connectivity index (χ0v) is 14.6. The molecule has 0 bridgehead atoms. The minimum atomic E-state index is -0.938. The van der Waals surface area contributed by atoms with E-state index in [1.54, 1.807) is 30.0 Å². The molecule has 0 unspecified atom stereocenters. The number of carbonyl (C=O) groups is 2. The summed E-state index contributed by atoms with van der Waals surface area (Å²) in [5.74, 6) is -1.21. The van der Waals surface area contributed by atoms with Crippen molar-refractivity contribution in [2.75, 3.05) is 33.4 Å². The van der Waals surface area contributed by atoms with Crippen molar-refractivity contribution < 1.29 is 29.3 Å². The van der Waals surface area contributed by atoms with Gasteiger partial charge in [-0.05, 0) is 18.2 Å². The topological polar surface area (TPSA) is 101 Å². The van der Waals surface area contributed by atoms with Crippen LogP contribution in [0, 0.1) is 0 Å². The van der Waals surface area contributed by atoms with Crippen molar-refractivity contribution >= 4 is 22.8 Å². The first kappa shape index (κ1) is 18.2. The molecule has 1 aromatic carbocycles. The third-order valence-electron chi connectivity index (χ3n) is 4.62. The first-order chi connectivity index (χ1) is 12.5. The summed E-state index contributed by atoms with van der Waals surface area (Å²) < 4.78 is 12.4. The van der Waals surface area contributed by atoms with E-state index in [0.717, 1.165) is 10.9 Å². The Hall–Kier alpha value is -2.58. The van der Waals surface area contributed by atoms with Gasteiger partial charge in [-0.1, -0.05) is 0 Å². The molecular weight excluding hydrogens is 340 g/mol. The SMILES string of the molecule is COc1ccc2c(c1)c([C@H](C(=O)O)N1CCOCC1)cn2CCC(=O)O. The van der Waals surface area contributed by atoms with Gasteiger partial charge in [-0.25, -0.2) is 0 Å². The fourth-order valence-electron chi connectivity index (χ4n) is 3.37. The van der Waals surface area contributed by atoms with Crippen molar-refractivity contribution in [3.8, 4) is 5.75 Å². The molecule has 26 heavy (non-hydrogen) atoms. The number of morpholine rings is 1. The van der Waals surface area contributed by atoms with E-state index < -0.39 is 18.0 Å². The summed E-state index contributed by atoms with van der Waals surface area (Å²) in [6, 6.07) is 4.60. The largest absolute Gasteiger partial charge is 0.497 e. The number of benzene rings is 1. The molecule has 1 aliphatic heterocycles. The zero-order chi connectivity index (χ0) is 18.7. The quantitative estimate of drug-likeness (QED) is 0.771. The van der Waals surface area contributed by atoms with Crippen molar-refractivity contribution in [3.63, 3.8) is 0 Å². The van der Waals surface area contributed by atoms with E-state index in [4.69, 9.17) is 14.6 Å². The number of ether oxygens (including phenoxy) is 2. The maximum atomic E-state index is 12.1. The third kappa shape index (κ3) is 3.66. The van der Waals surface area contributed by atoms with Gasteiger partial charge in [0.05, 0.1) is 26.7 Å². The summed E-state index contributed by atoms with van der Waals surface area (Å²) in [5.41, 5.74) is 1.43. The summed E-state index contributed by atoms with van der Waals surface area (Å²) in [5, 5.41) is 19.6. The zero-order valence-electron chi connectivity index (χ0n) is 14.6. The fourth-order valence-corrected chi connectivity index (χ4v) is 3.37. The van der Waals surface area contributed by atoms with Crippen molar-refractivity contribution in [3.05, 3.63) is 30.0 Å². The van der Waals surface area contributed by atoms with Crippen molar-refractivity contribution in [1.82, 2.24) is 9.47 Å². The van der Waals surface area contributed by atoms with Crippen LogP contribution in [0.3, 0.4) is 0 Å². The second kappa shape index (κ2) is 7.76. The van der Waals surface area contributed by atoms with Crippen LogP contribution < -0.4 is 4.74 Å². The van der Waals surface area contributed by atoms with E-state index in [1.165, 1.54) is 0 Å². The number of aromatic nitrogens is 1. The number of methoxy groups -OCH3 is 1. The predicted molar refractivity (Wildman–Crippen MR) is 93.5 cm³/mol. The highest BCUT2D eigenvalue weighted by Crippen LogP contribution is 2.33. The molecule has 8 nitrogen and oxygen atoms in total. The molecule has 0 radical (unpaired) electrons. The molecule has 2 aromatic rings. The highest BCUT2D eigenvalue weighted by molar-refractivity contribution is 5.90. The van der Waals surface area contributed by atoms with E-state index >= 15 is 0 Å². The van der Waals surface area contributed by atoms with Crippen molar-refractivity contribution in [2.45, 2.75) is 19.0 Å². The molecule has 0 spiro atoms. The van der Waals surface area contributed by atoms with Gasteiger partial charge in [-0.3, -0.25) is 14.5 Å². The monoisotopic (exact) mass is 362 g/mol. The maximum absolute atomic E-state index is 12.1. The molecule has 0 aliphatic carbocycles. The second-order valence-corrected chi connectivity index (χ2v) is 6.19. The third-order valence-corrected chi connectivity index (χ3v) is 4.62. The Balaban J connectivity index is 2.08. The molecule has 2 heterocycles. The highest BCUT2D eigenvalue weighted by Gasteiger charge is 2.31. The summed E-state index contributed by atoms with van der Waals surface area (Å²) in [6.07, 6.45) is 1.71. The average Bonchev–Trinajstić information content (AvgIpc) is 2.98. The van der Waals surface area contributed by atoms with E-state index in [1.807, 2.05) is 11.0 Å². The van der Waals surface area contributed by atoms with Crippen LogP contribution in [0.1, 0.15) is 18.0 Å². The Morgan fingerprint density at radius 1 is 1.27 bits per heavy atom. The second-order valence-electron chi connectivity index (χ2n) is 6.19. The minimum absolute atomic E-state index is 0.0372. The number of aryl methyl sites for hydroxylation is 1. The van der Waals surface area contributed by atoms with Crippen LogP contribution in [0.4, 0.5) is 0 Å². The van der Waals surface area contributed by atoms with Gasteiger partial charge in [0.15, 0.2) is 0 Å². The van der Waals surface area contributed by atoms with Crippen LogP contribution in [0.15, 0.2) is 24.4 Å². The number of hydrogen-bond acceptors (Lipinski definition) is 5. The van der Waals surface area contributed by atoms with E-state index in [9.17, 15) is 14.7 Å². The van der Waals surface area contributed by atoms with Crippen molar-refractivity contribution in [2.24, 2.45) is 0 Å². The van der Waals surface area contributed by atoms with Gasteiger partial charge in [0.2, 0.25) is 0 Å². The lowest BCUT2D eigenvalue weighted by Gasteiger charge is -2.31. The normalized spacial score (nSPS) is 16.5. The van der Waals surface area contributed by atoms with Gasteiger partial charge in [-0.2, -0.15) is 0 Å². The first-order valence-electron chi connectivity index (χ1n) is 8.44. The minimum Gasteiger partial charge on any atom is -0.497 e. The Morgan fingerprint density at radius 2 is 2.00 bits per heavy atom. The summed E-state index contributed by atoms with van der Waals surface area (Å²) >= 11 is 0. The average molecular weight is 362 g/mol. The number of carboxylic acids is 2. The molecule has 0 amide bonds. The Labute approximate surface area is 150 Å². The molecule has 8 heteroatoms. The van der Waals surface area contributed by atoms with Crippen LogP contribution >= 0.6 is 0 Å². The van der Waals surface area contributed by atoms with Crippen LogP contribution in [-0.4, -0.2) is 65.0 Å². The van der Waals surface area contributed by atoms with Gasteiger partial charge in [0.25, 0.3) is 0 Å². The Morgan fingerprint density at radius 3 is 2.62 bits per heavy atom. The standard InChI is InChI=1S/C18H22N2O6/c1-25-12-2-3-15-13(10-12)14(11-20(15)5-4-16(21)22)17(18(23)24)19-6-8-26-9-7-19/h2-3,10-11,17H,4-9H2,1H3,(H,21,22)(H,23,24)/t17-/m1/s1. The predicted octanol–water partition coefficient (Wildman–Crippen LogP) is 1.58. The van der Waals surface area contributed by atoms with E-state index in [2.05, 4.69) is 0 Å². The van der Waals surface area contributed by atoms with E-state index in [-0.39, 0.29) is 13.0 Å². The smallest absolute Gasteiger partial charge is 0.325 e. The number of rotatable bonds is 7. The molecule has 3 rings (SSSR count). The van der Waals surface area contributed by atoms with Gasteiger partial charge in [0.1, 0.15) is 11.8 Å². The summed E-state index contributed by atoms with van der Waals surface area (Å²) in [7, 11) is 1.55. The molecule has 1 aliphatic rings. The number of fused-ring (bicyclic) bond motifs is 1. The van der Waals surface area contributed by atoms with Crippen LogP contribution in [-0.2, 0) is 20.9 Å². The lowest BCUT2D eigenvalue weighted by molar-refractivity contribution is -0.145. The summed E-state index contributed by atoms with van der Waals surface area (Å²) in [6.45, 7) is 2.31. The molecule has 1 saturated heterocycles. The maximum Gasteiger partial charge on any atom is 0.325 e. The van der Waals surface area contributed by atoms with Gasteiger partial charge in [-0.15, -0.1) is 0 Å². The lowest BCUT2D eigenvalue weighted by Crippen LogP contribution is -2.42. The molecule has 2 N–H and O–H groups in total. The summed E-state index contributed by atoms with van der Waals surface area (Å²) in [4.78, 5) is 24.9. The first-order valence-corrected chi connectivity index (χ1v) is 8.44. The van der Waals surface area contributed by atoms with Gasteiger partial charge < -0.3 is 24.3 Å². The molecule has 1 atom stereocenters. The Bertz CT molecular complexity index is 809. The molecule has 140 valence electrons. The number of nitrogens with zero attached hydrogens (tertiary/aromatic N) is 2. The molecule has 0 saturated carbocycles. The lowest BCUT2D eigenvalue weighted by atomic mass is 10.0. The number of hydrogen-bond donors (Lipinski definition) is 2. The molecule has 1 fully saturated rings. The van der Waals surface area contributed by atoms with Crippen LogP contribution in [0.5, 0.6) is 5.75 Å². The van der Waals surface area contributed by atoms with Gasteiger partial charge in [0, 0.05) is 42.3 Å². The Kier molecular flexibility index (Phi) is 5.43. The fraction of sp³-hybridized carbons (Fsp3) is 0.444.